The van der Waals surface area contributed by atoms with Crippen molar-refractivity contribution in [1.29, 1.82) is 0 Å². The van der Waals surface area contributed by atoms with E-state index in [2.05, 4.69) is 26.2 Å². The van der Waals surface area contributed by atoms with Crippen LogP contribution in [0.3, 0.4) is 0 Å². The monoisotopic (exact) mass is 164 g/mol. The Balaban J connectivity index is 0.000000561. The Bertz CT molecular complexity index is 184. The molecule has 0 radical (unpaired) electrons. The quantitative estimate of drug-likeness (QED) is 0.547. The Morgan fingerprint density at radius 2 is 2.00 bits per heavy atom. The van der Waals surface area contributed by atoms with Crippen molar-refractivity contribution >= 4 is 0 Å². The van der Waals surface area contributed by atoms with Crippen molar-refractivity contribution < 1.29 is 0 Å². The molecule has 1 unspecified atom stereocenters. The Morgan fingerprint density at radius 3 is 2.33 bits per heavy atom. The first-order chi connectivity index (χ1) is 5.75. The van der Waals surface area contributed by atoms with Crippen LogP contribution in [0.2, 0.25) is 0 Å². The lowest BCUT2D eigenvalue weighted by Gasteiger charge is -2.02. The van der Waals surface area contributed by atoms with Crippen LogP contribution in [0.1, 0.15) is 33.6 Å². The van der Waals surface area contributed by atoms with E-state index in [1.807, 2.05) is 19.9 Å². The van der Waals surface area contributed by atoms with E-state index in [0.717, 1.165) is 0 Å². The van der Waals surface area contributed by atoms with Gasteiger partial charge in [-0.25, -0.2) is 0 Å². The maximum atomic E-state index is 3.99. The molecule has 0 heteroatoms. The molecule has 0 spiro atoms. The molecule has 0 heterocycles. The first-order valence-corrected chi connectivity index (χ1v) is 4.76. The summed E-state index contributed by atoms with van der Waals surface area (Å²) in [5.41, 5.74) is 2.70. The fourth-order valence-corrected chi connectivity index (χ4v) is 1.45. The van der Waals surface area contributed by atoms with Crippen LogP contribution in [-0.2, 0) is 0 Å². The van der Waals surface area contributed by atoms with Gasteiger partial charge in [-0.1, -0.05) is 51.7 Å². The summed E-state index contributed by atoms with van der Waals surface area (Å²) in [5, 5.41) is 0. The third-order valence-corrected chi connectivity index (χ3v) is 2.12. The lowest BCUT2D eigenvalue weighted by atomic mass is 10.0. The van der Waals surface area contributed by atoms with Crippen molar-refractivity contribution in [2.45, 2.75) is 33.6 Å². The second kappa shape index (κ2) is 5.82. The van der Waals surface area contributed by atoms with Gasteiger partial charge in [0.25, 0.3) is 0 Å². The van der Waals surface area contributed by atoms with E-state index in [9.17, 15) is 0 Å². The average Bonchev–Trinajstić information content (AvgIpc) is 2.40. The third kappa shape index (κ3) is 2.69. The minimum absolute atomic E-state index is 0.700. The molecule has 1 atom stereocenters. The highest BCUT2D eigenvalue weighted by atomic mass is 14.2. The summed E-state index contributed by atoms with van der Waals surface area (Å²) in [6, 6.07) is 0. The van der Waals surface area contributed by atoms with Crippen LogP contribution in [0.25, 0.3) is 0 Å². The van der Waals surface area contributed by atoms with Crippen molar-refractivity contribution in [3.63, 3.8) is 0 Å². The summed E-state index contributed by atoms with van der Waals surface area (Å²) < 4.78 is 0. The van der Waals surface area contributed by atoms with E-state index in [1.165, 1.54) is 24.0 Å². The Hall–Kier alpha value is -0.780. The predicted molar refractivity (Wildman–Crippen MR) is 57.2 cm³/mol. The van der Waals surface area contributed by atoms with Crippen LogP contribution < -0.4 is 0 Å². The zero-order chi connectivity index (χ0) is 9.56. The predicted octanol–water partition coefficient (Wildman–Crippen LogP) is 4.11. The average molecular weight is 164 g/mol. The summed E-state index contributed by atoms with van der Waals surface area (Å²) in [4.78, 5) is 0. The molecular formula is C12H20. The van der Waals surface area contributed by atoms with E-state index in [0.29, 0.717) is 5.92 Å². The van der Waals surface area contributed by atoms with Gasteiger partial charge in [0.05, 0.1) is 0 Å². The molecule has 0 amide bonds. The van der Waals surface area contributed by atoms with E-state index in [1.54, 1.807) is 0 Å². The Kier molecular flexibility index (Phi) is 5.44. The normalized spacial score (nSPS) is 25.1. The van der Waals surface area contributed by atoms with Crippen molar-refractivity contribution in [2.24, 2.45) is 5.92 Å². The minimum Gasteiger partial charge on any atom is -0.0991 e. The second-order valence-electron chi connectivity index (χ2n) is 2.90. The van der Waals surface area contributed by atoms with Crippen LogP contribution in [0, 0.1) is 5.92 Å². The molecular weight excluding hydrogens is 144 g/mol. The van der Waals surface area contributed by atoms with Gasteiger partial charge in [-0.15, -0.1) is 0 Å². The highest BCUT2D eigenvalue weighted by molar-refractivity contribution is 5.36. The fraction of sp³-hybridized carbons (Fsp3) is 0.500. The fourth-order valence-electron chi connectivity index (χ4n) is 1.45. The molecule has 0 aromatic rings. The molecule has 0 aliphatic heterocycles. The maximum absolute atomic E-state index is 3.99. The molecule has 68 valence electrons. The van der Waals surface area contributed by atoms with Crippen LogP contribution in [0.5, 0.6) is 0 Å². The number of rotatable bonds is 1. The molecule has 0 saturated heterocycles. The molecule has 1 fully saturated rings. The van der Waals surface area contributed by atoms with Crippen molar-refractivity contribution in [1.82, 2.24) is 0 Å². The number of hydrogen-bond donors (Lipinski definition) is 0. The van der Waals surface area contributed by atoms with Gasteiger partial charge in [-0.05, 0) is 24.3 Å². The Labute approximate surface area is 76.7 Å². The van der Waals surface area contributed by atoms with Crippen molar-refractivity contribution in [3.8, 4) is 0 Å². The van der Waals surface area contributed by atoms with Crippen molar-refractivity contribution in [3.05, 3.63) is 36.5 Å². The van der Waals surface area contributed by atoms with Gasteiger partial charge in [0.15, 0.2) is 0 Å². The van der Waals surface area contributed by atoms with Gasteiger partial charge >= 0.3 is 0 Å². The molecule has 1 aliphatic rings. The lowest BCUT2D eigenvalue weighted by molar-refractivity contribution is 0.697. The molecule has 0 aromatic carbocycles. The summed E-state index contributed by atoms with van der Waals surface area (Å²) >= 11 is 0. The maximum Gasteiger partial charge on any atom is -0.0185 e. The SMILES string of the molecule is C=C/C=C1\C(=C)CCC1C.CC. The minimum atomic E-state index is 0.700. The van der Waals surface area contributed by atoms with Gasteiger partial charge in [0.1, 0.15) is 0 Å². The van der Waals surface area contributed by atoms with Gasteiger partial charge in [-0.3, -0.25) is 0 Å². The van der Waals surface area contributed by atoms with E-state index in [4.69, 9.17) is 0 Å². The highest BCUT2D eigenvalue weighted by Gasteiger charge is 2.18. The van der Waals surface area contributed by atoms with Gasteiger partial charge < -0.3 is 0 Å². The zero-order valence-electron chi connectivity index (χ0n) is 8.56. The molecule has 1 saturated carbocycles. The van der Waals surface area contributed by atoms with Crippen molar-refractivity contribution in [2.75, 3.05) is 0 Å². The van der Waals surface area contributed by atoms with Crippen LogP contribution in [-0.4, -0.2) is 0 Å². The van der Waals surface area contributed by atoms with Gasteiger partial charge in [0, 0.05) is 0 Å². The molecule has 12 heavy (non-hydrogen) atoms. The molecule has 1 aliphatic carbocycles. The van der Waals surface area contributed by atoms with Gasteiger partial charge in [-0.2, -0.15) is 0 Å². The summed E-state index contributed by atoms with van der Waals surface area (Å²) in [6.07, 6.45) is 6.36. The van der Waals surface area contributed by atoms with Gasteiger partial charge in [0.2, 0.25) is 0 Å². The number of hydrogen-bond acceptors (Lipinski definition) is 0. The Morgan fingerprint density at radius 1 is 1.42 bits per heavy atom. The van der Waals surface area contributed by atoms with E-state index < -0.39 is 0 Å². The molecule has 0 aromatic heterocycles. The zero-order valence-corrected chi connectivity index (χ0v) is 8.56. The largest absolute Gasteiger partial charge is 0.0991 e. The molecule has 1 rings (SSSR count). The smallest absolute Gasteiger partial charge is 0.0185 e. The van der Waals surface area contributed by atoms with Crippen LogP contribution in [0.4, 0.5) is 0 Å². The summed E-state index contributed by atoms with van der Waals surface area (Å²) in [6.45, 7) is 13.9. The van der Waals surface area contributed by atoms with E-state index in [-0.39, 0.29) is 0 Å². The molecule has 0 N–H and O–H groups in total. The number of allylic oxidation sites excluding steroid dienone is 4. The topological polar surface area (TPSA) is 0 Å². The first kappa shape index (κ1) is 11.2. The first-order valence-electron chi connectivity index (χ1n) is 4.76. The standard InChI is InChI=1S/C10H14.C2H6/c1-4-5-10-8(2)6-7-9(10)3;1-2/h4-5,9H,1-2,6-7H2,3H3;1-2H3/b10-5+;. The van der Waals surface area contributed by atoms with Crippen LogP contribution in [0.15, 0.2) is 36.5 Å². The van der Waals surface area contributed by atoms with Crippen LogP contribution >= 0.6 is 0 Å². The molecule has 0 nitrogen and oxygen atoms in total. The summed E-state index contributed by atoms with van der Waals surface area (Å²) in [5.74, 6) is 0.700. The van der Waals surface area contributed by atoms with E-state index >= 15 is 0 Å². The third-order valence-electron chi connectivity index (χ3n) is 2.12. The lowest BCUT2D eigenvalue weighted by Crippen LogP contribution is -1.87. The summed E-state index contributed by atoms with van der Waals surface area (Å²) in [7, 11) is 0. The second-order valence-corrected chi connectivity index (χ2v) is 2.90. The molecule has 0 bridgehead atoms. The highest BCUT2D eigenvalue weighted by Crippen LogP contribution is 2.34.